The monoisotopic (exact) mass is 289 g/mol. The molecule has 6 nitrogen and oxygen atoms in total. The van der Waals surface area contributed by atoms with Crippen molar-refractivity contribution in [1.29, 1.82) is 0 Å². The number of rotatable bonds is 8. The quantitative estimate of drug-likeness (QED) is 0.772. The van der Waals surface area contributed by atoms with E-state index >= 15 is 0 Å². The Morgan fingerprint density at radius 2 is 2.16 bits per heavy atom. The summed E-state index contributed by atoms with van der Waals surface area (Å²) in [5.41, 5.74) is 0. The summed E-state index contributed by atoms with van der Waals surface area (Å²) in [6, 6.07) is 0. The third kappa shape index (κ3) is 4.29. The first-order valence-corrected chi connectivity index (χ1v) is 7.99. The smallest absolute Gasteiger partial charge is 0.246 e. The van der Waals surface area contributed by atoms with Gasteiger partial charge in [0.1, 0.15) is 4.90 Å². The van der Waals surface area contributed by atoms with Gasteiger partial charge in [0.15, 0.2) is 0 Å². The van der Waals surface area contributed by atoms with Crippen molar-refractivity contribution in [2.24, 2.45) is 5.92 Å². The fourth-order valence-electron chi connectivity index (χ4n) is 1.79. The lowest BCUT2D eigenvalue weighted by Crippen LogP contribution is -2.33. The highest BCUT2D eigenvalue weighted by atomic mass is 32.2. The standard InChI is InChI=1S/C12H23N3O3S/c1-4-15(9-11(2)3)19(17,18)12-8-13-14(10-12)6-5-7-16/h8,10-11,16H,4-7,9H2,1-3H3. The molecule has 7 heteroatoms. The average molecular weight is 289 g/mol. The fraction of sp³-hybridized carbons (Fsp3) is 0.750. The molecular weight excluding hydrogens is 266 g/mol. The van der Waals surface area contributed by atoms with Gasteiger partial charge in [0, 0.05) is 32.4 Å². The van der Waals surface area contributed by atoms with Crippen molar-refractivity contribution in [1.82, 2.24) is 14.1 Å². The number of nitrogens with zero attached hydrogens (tertiary/aromatic N) is 3. The highest BCUT2D eigenvalue weighted by molar-refractivity contribution is 7.89. The summed E-state index contributed by atoms with van der Waals surface area (Å²) in [5, 5.41) is 12.8. The first-order valence-electron chi connectivity index (χ1n) is 6.55. The molecule has 0 amide bonds. The Kier molecular flexibility index (Phi) is 5.96. The van der Waals surface area contributed by atoms with Crippen LogP contribution in [-0.2, 0) is 16.6 Å². The minimum Gasteiger partial charge on any atom is -0.396 e. The first-order chi connectivity index (χ1) is 8.91. The maximum atomic E-state index is 12.4. The zero-order chi connectivity index (χ0) is 14.5. The molecule has 0 fully saturated rings. The maximum Gasteiger partial charge on any atom is 0.246 e. The van der Waals surface area contributed by atoms with E-state index < -0.39 is 10.0 Å². The predicted molar refractivity (Wildman–Crippen MR) is 73.2 cm³/mol. The molecule has 1 heterocycles. The van der Waals surface area contributed by atoms with Gasteiger partial charge in [-0.05, 0) is 12.3 Å². The second kappa shape index (κ2) is 7.02. The van der Waals surface area contributed by atoms with Crippen LogP contribution in [0.5, 0.6) is 0 Å². The van der Waals surface area contributed by atoms with Gasteiger partial charge in [-0.1, -0.05) is 20.8 Å². The Hall–Kier alpha value is -0.920. The molecule has 0 radical (unpaired) electrons. The molecule has 1 aromatic heterocycles. The molecule has 1 rings (SSSR count). The van der Waals surface area contributed by atoms with E-state index in [1.54, 1.807) is 4.68 Å². The van der Waals surface area contributed by atoms with Gasteiger partial charge in [-0.3, -0.25) is 4.68 Å². The molecule has 110 valence electrons. The van der Waals surface area contributed by atoms with Crippen molar-refractivity contribution in [3.8, 4) is 0 Å². The van der Waals surface area contributed by atoms with Crippen LogP contribution in [-0.4, -0.2) is 47.3 Å². The molecule has 0 unspecified atom stereocenters. The van der Waals surface area contributed by atoms with Gasteiger partial charge in [-0.2, -0.15) is 9.40 Å². The molecule has 0 saturated carbocycles. The highest BCUT2D eigenvalue weighted by Crippen LogP contribution is 2.16. The van der Waals surface area contributed by atoms with E-state index in [9.17, 15) is 8.42 Å². The summed E-state index contributed by atoms with van der Waals surface area (Å²) in [6.07, 6.45) is 3.45. The maximum absolute atomic E-state index is 12.4. The lowest BCUT2D eigenvalue weighted by Gasteiger charge is -2.21. The van der Waals surface area contributed by atoms with Crippen LogP contribution < -0.4 is 0 Å². The minimum atomic E-state index is -3.46. The van der Waals surface area contributed by atoms with Gasteiger partial charge in [-0.25, -0.2) is 8.42 Å². The molecule has 1 N–H and O–H groups in total. The molecular formula is C12H23N3O3S. The van der Waals surface area contributed by atoms with E-state index in [0.29, 0.717) is 26.1 Å². The number of aliphatic hydroxyl groups excluding tert-OH is 1. The van der Waals surface area contributed by atoms with Crippen LogP contribution in [0.4, 0.5) is 0 Å². The van der Waals surface area contributed by atoms with Gasteiger partial charge in [0.2, 0.25) is 10.0 Å². The van der Waals surface area contributed by atoms with Crippen molar-refractivity contribution >= 4 is 10.0 Å². The zero-order valence-corrected chi connectivity index (χ0v) is 12.6. The molecule has 0 saturated heterocycles. The van der Waals surface area contributed by atoms with Crippen LogP contribution in [0.2, 0.25) is 0 Å². The van der Waals surface area contributed by atoms with Crippen molar-refractivity contribution in [3.63, 3.8) is 0 Å². The number of sulfonamides is 1. The molecule has 0 aliphatic rings. The molecule has 0 aliphatic heterocycles. The van der Waals surface area contributed by atoms with Crippen LogP contribution in [0, 0.1) is 5.92 Å². The number of aliphatic hydroxyl groups is 1. The number of hydrogen-bond acceptors (Lipinski definition) is 4. The summed E-state index contributed by atoms with van der Waals surface area (Å²) in [4.78, 5) is 0.216. The molecule has 0 spiro atoms. The Morgan fingerprint density at radius 1 is 1.47 bits per heavy atom. The number of hydrogen-bond donors (Lipinski definition) is 1. The average Bonchev–Trinajstić information content (AvgIpc) is 2.82. The Morgan fingerprint density at radius 3 is 2.68 bits per heavy atom. The van der Waals surface area contributed by atoms with Gasteiger partial charge in [0.05, 0.1) is 6.20 Å². The van der Waals surface area contributed by atoms with Gasteiger partial charge in [0.25, 0.3) is 0 Å². The second-order valence-electron chi connectivity index (χ2n) is 4.87. The normalized spacial score (nSPS) is 12.5. The van der Waals surface area contributed by atoms with Crippen LogP contribution in [0.15, 0.2) is 17.3 Å². The number of aromatic nitrogens is 2. The zero-order valence-electron chi connectivity index (χ0n) is 11.8. The van der Waals surface area contributed by atoms with Crippen LogP contribution in [0.25, 0.3) is 0 Å². The van der Waals surface area contributed by atoms with Gasteiger partial charge < -0.3 is 5.11 Å². The molecule has 1 aromatic rings. The summed E-state index contributed by atoms with van der Waals surface area (Å²) in [5.74, 6) is 0.277. The van der Waals surface area contributed by atoms with Crippen molar-refractivity contribution in [3.05, 3.63) is 12.4 Å². The van der Waals surface area contributed by atoms with Gasteiger partial charge in [-0.15, -0.1) is 0 Å². The number of aryl methyl sites for hydroxylation is 1. The van der Waals surface area contributed by atoms with Crippen molar-refractivity contribution in [2.75, 3.05) is 19.7 Å². The van der Waals surface area contributed by atoms with E-state index in [2.05, 4.69) is 5.10 Å². The largest absolute Gasteiger partial charge is 0.396 e. The molecule has 0 aliphatic carbocycles. The van der Waals surface area contributed by atoms with Crippen molar-refractivity contribution < 1.29 is 13.5 Å². The Bertz CT molecular complexity index is 482. The van der Waals surface area contributed by atoms with Gasteiger partial charge >= 0.3 is 0 Å². The van der Waals surface area contributed by atoms with Crippen LogP contribution >= 0.6 is 0 Å². The highest BCUT2D eigenvalue weighted by Gasteiger charge is 2.25. The Labute approximate surface area is 115 Å². The van der Waals surface area contributed by atoms with Crippen LogP contribution in [0.1, 0.15) is 27.2 Å². The Balaban J connectivity index is 2.89. The van der Waals surface area contributed by atoms with E-state index in [0.717, 1.165) is 0 Å². The van der Waals surface area contributed by atoms with E-state index in [4.69, 9.17) is 5.11 Å². The molecule has 0 bridgehead atoms. The SMILES string of the molecule is CCN(CC(C)C)S(=O)(=O)c1cnn(CCCO)c1. The van der Waals surface area contributed by atoms with E-state index in [1.807, 2.05) is 20.8 Å². The summed E-state index contributed by atoms with van der Waals surface area (Å²) in [6.45, 7) is 7.34. The van der Waals surface area contributed by atoms with Crippen LogP contribution in [0.3, 0.4) is 0 Å². The molecule has 0 atom stereocenters. The lowest BCUT2D eigenvalue weighted by molar-refractivity contribution is 0.277. The summed E-state index contributed by atoms with van der Waals surface area (Å²) in [7, 11) is -3.46. The third-order valence-corrected chi connectivity index (χ3v) is 4.61. The first kappa shape index (κ1) is 16.1. The van der Waals surface area contributed by atoms with E-state index in [1.165, 1.54) is 16.7 Å². The third-order valence-electron chi connectivity index (χ3n) is 2.71. The van der Waals surface area contributed by atoms with Crippen molar-refractivity contribution in [2.45, 2.75) is 38.6 Å². The molecule has 19 heavy (non-hydrogen) atoms. The predicted octanol–water partition coefficient (Wildman–Crippen LogP) is 0.932. The minimum absolute atomic E-state index is 0.0659. The summed E-state index contributed by atoms with van der Waals surface area (Å²) >= 11 is 0. The lowest BCUT2D eigenvalue weighted by atomic mass is 10.2. The second-order valence-corrected chi connectivity index (χ2v) is 6.80. The fourth-order valence-corrected chi connectivity index (χ4v) is 3.35. The topological polar surface area (TPSA) is 75.4 Å². The molecule has 0 aromatic carbocycles. The summed E-state index contributed by atoms with van der Waals surface area (Å²) < 4.78 is 27.8. The van der Waals surface area contributed by atoms with E-state index in [-0.39, 0.29) is 17.4 Å².